The van der Waals surface area contributed by atoms with Gasteiger partial charge in [0.2, 0.25) is 0 Å². The molecule has 0 aromatic carbocycles. The zero-order valence-electron chi connectivity index (χ0n) is 7.78. The quantitative estimate of drug-likeness (QED) is 0.735. The third-order valence-corrected chi connectivity index (χ3v) is 1.88. The first kappa shape index (κ1) is 9.13. The van der Waals surface area contributed by atoms with E-state index in [1.54, 1.807) is 18.6 Å². The fourth-order valence-electron chi connectivity index (χ4n) is 1.29. The van der Waals surface area contributed by atoms with Gasteiger partial charge in [-0.2, -0.15) is 0 Å². The summed E-state index contributed by atoms with van der Waals surface area (Å²) in [5, 5.41) is 3.22. The molecule has 0 saturated heterocycles. The highest BCUT2D eigenvalue weighted by molar-refractivity contribution is 5.02. The second kappa shape index (κ2) is 4.16. The second-order valence-corrected chi connectivity index (χ2v) is 3.14. The summed E-state index contributed by atoms with van der Waals surface area (Å²) in [5.41, 5.74) is 1.01. The lowest BCUT2D eigenvalue weighted by Crippen LogP contribution is -2.22. The molecular weight excluding hydrogens is 150 g/mol. The summed E-state index contributed by atoms with van der Waals surface area (Å²) in [5.74, 6) is 0.534. The van der Waals surface area contributed by atoms with Crippen LogP contribution in [0.1, 0.15) is 25.6 Å². The highest BCUT2D eigenvalue weighted by Gasteiger charge is 2.13. The molecule has 1 rings (SSSR count). The Morgan fingerprint density at radius 1 is 1.33 bits per heavy atom. The van der Waals surface area contributed by atoms with Crippen molar-refractivity contribution in [3.8, 4) is 0 Å². The largest absolute Gasteiger partial charge is 0.311 e. The normalized spacial score (nSPS) is 13.3. The van der Waals surface area contributed by atoms with E-state index in [4.69, 9.17) is 0 Å². The minimum absolute atomic E-state index is 0.304. The maximum absolute atomic E-state index is 4.25. The SMILES string of the molecule is CNC(c1cnccn1)C(C)C. The Hall–Kier alpha value is -0.960. The van der Waals surface area contributed by atoms with Crippen molar-refractivity contribution in [3.63, 3.8) is 0 Å². The molecule has 3 nitrogen and oxygen atoms in total. The minimum Gasteiger partial charge on any atom is -0.311 e. The Bertz CT molecular complexity index is 220. The van der Waals surface area contributed by atoms with E-state index in [-0.39, 0.29) is 0 Å². The second-order valence-electron chi connectivity index (χ2n) is 3.14. The molecule has 66 valence electrons. The number of rotatable bonds is 3. The summed E-state index contributed by atoms with van der Waals surface area (Å²) < 4.78 is 0. The van der Waals surface area contributed by atoms with E-state index in [1.807, 2.05) is 7.05 Å². The van der Waals surface area contributed by atoms with Crippen LogP contribution in [0, 0.1) is 5.92 Å². The van der Waals surface area contributed by atoms with Crippen LogP contribution in [0.4, 0.5) is 0 Å². The Labute approximate surface area is 73.2 Å². The fraction of sp³-hybridized carbons (Fsp3) is 0.556. The average Bonchev–Trinajstić information content (AvgIpc) is 2.07. The molecule has 1 atom stereocenters. The topological polar surface area (TPSA) is 37.8 Å². The van der Waals surface area contributed by atoms with Gasteiger partial charge in [0.15, 0.2) is 0 Å². The molecule has 0 saturated carbocycles. The summed E-state index contributed by atoms with van der Waals surface area (Å²) in [4.78, 5) is 8.28. The zero-order chi connectivity index (χ0) is 8.97. The van der Waals surface area contributed by atoms with Crippen molar-refractivity contribution in [3.05, 3.63) is 24.3 Å². The molecule has 3 heteroatoms. The van der Waals surface area contributed by atoms with E-state index in [9.17, 15) is 0 Å². The van der Waals surface area contributed by atoms with Crippen molar-refractivity contribution < 1.29 is 0 Å². The van der Waals surface area contributed by atoms with Crippen LogP contribution in [-0.2, 0) is 0 Å². The molecule has 0 aliphatic carbocycles. The van der Waals surface area contributed by atoms with Crippen LogP contribution < -0.4 is 5.32 Å². The van der Waals surface area contributed by atoms with Gasteiger partial charge in [-0.25, -0.2) is 0 Å². The molecule has 1 aromatic heterocycles. The van der Waals surface area contributed by atoms with Crippen LogP contribution in [-0.4, -0.2) is 17.0 Å². The molecule has 1 heterocycles. The Morgan fingerprint density at radius 2 is 2.08 bits per heavy atom. The molecule has 0 aliphatic rings. The molecule has 0 fully saturated rings. The van der Waals surface area contributed by atoms with Gasteiger partial charge in [0.05, 0.1) is 11.7 Å². The molecule has 0 aliphatic heterocycles. The Balaban J connectivity index is 2.80. The molecule has 1 aromatic rings. The summed E-state index contributed by atoms with van der Waals surface area (Å²) in [6, 6.07) is 0.304. The lowest BCUT2D eigenvalue weighted by molar-refractivity contribution is 0.432. The number of nitrogens with one attached hydrogen (secondary N) is 1. The van der Waals surface area contributed by atoms with Crippen LogP contribution in [0.15, 0.2) is 18.6 Å². The molecule has 0 radical (unpaired) electrons. The number of aromatic nitrogens is 2. The van der Waals surface area contributed by atoms with Gasteiger partial charge in [0.25, 0.3) is 0 Å². The first-order chi connectivity index (χ1) is 5.75. The standard InChI is InChI=1S/C9H15N3/c1-7(2)9(10-3)8-6-11-4-5-12-8/h4-7,9-10H,1-3H3. The van der Waals surface area contributed by atoms with Crippen molar-refractivity contribution in [1.82, 2.24) is 15.3 Å². The van der Waals surface area contributed by atoms with Crippen LogP contribution >= 0.6 is 0 Å². The van der Waals surface area contributed by atoms with E-state index in [0.29, 0.717) is 12.0 Å². The van der Waals surface area contributed by atoms with Crippen molar-refractivity contribution in [2.24, 2.45) is 5.92 Å². The molecule has 1 unspecified atom stereocenters. The first-order valence-corrected chi connectivity index (χ1v) is 4.19. The molecule has 12 heavy (non-hydrogen) atoms. The Morgan fingerprint density at radius 3 is 2.50 bits per heavy atom. The molecule has 0 spiro atoms. The molecule has 1 N–H and O–H groups in total. The predicted octanol–water partition coefficient (Wildman–Crippen LogP) is 1.39. The van der Waals surface area contributed by atoms with Gasteiger partial charge in [-0.3, -0.25) is 9.97 Å². The molecule has 0 bridgehead atoms. The molecular formula is C9H15N3. The summed E-state index contributed by atoms with van der Waals surface area (Å²) in [6.45, 7) is 4.33. The fourth-order valence-corrected chi connectivity index (χ4v) is 1.29. The van der Waals surface area contributed by atoms with Crippen LogP contribution in [0.25, 0.3) is 0 Å². The monoisotopic (exact) mass is 165 g/mol. The number of hydrogen-bond donors (Lipinski definition) is 1. The highest BCUT2D eigenvalue weighted by Crippen LogP contribution is 2.17. The van der Waals surface area contributed by atoms with E-state index in [2.05, 4.69) is 29.1 Å². The molecule has 0 amide bonds. The third kappa shape index (κ3) is 2.01. The van der Waals surface area contributed by atoms with Crippen molar-refractivity contribution in [2.75, 3.05) is 7.05 Å². The van der Waals surface area contributed by atoms with Gasteiger partial charge in [-0.05, 0) is 13.0 Å². The highest BCUT2D eigenvalue weighted by atomic mass is 14.9. The zero-order valence-corrected chi connectivity index (χ0v) is 7.78. The maximum Gasteiger partial charge on any atom is 0.0758 e. The van der Waals surface area contributed by atoms with E-state index < -0.39 is 0 Å². The lowest BCUT2D eigenvalue weighted by atomic mass is 10.0. The van der Waals surface area contributed by atoms with Gasteiger partial charge in [0, 0.05) is 18.6 Å². The van der Waals surface area contributed by atoms with Gasteiger partial charge in [-0.1, -0.05) is 13.8 Å². The van der Waals surface area contributed by atoms with Gasteiger partial charge in [0.1, 0.15) is 0 Å². The summed E-state index contributed by atoms with van der Waals surface area (Å²) >= 11 is 0. The summed E-state index contributed by atoms with van der Waals surface area (Å²) in [6.07, 6.45) is 5.22. The summed E-state index contributed by atoms with van der Waals surface area (Å²) in [7, 11) is 1.94. The van der Waals surface area contributed by atoms with Crippen molar-refractivity contribution in [1.29, 1.82) is 0 Å². The van der Waals surface area contributed by atoms with Crippen LogP contribution in [0.2, 0.25) is 0 Å². The lowest BCUT2D eigenvalue weighted by Gasteiger charge is -2.18. The smallest absolute Gasteiger partial charge is 0.0758 e. The maximum atomic E-state index is 4.25. The van der Waals surface area contributed by atoms with Crippen LogP contribution in [0.3, 0.4) is 0 Å². The van der Waals surface area contributed by atoms with Gasteiger partial charge in [-0.15, -0.1) is 0 Å². The van der Waals surface area contributed by atoms with Crippen LogP contribution in [0.5, 0.6) is 0 Å². The minimum atomic E-state index is 0.304. The first-order valence-electron chi connectivity index (χ1n) is 4.19. The van der Waals surface area contributed by atoms with E-state index in [1.165, 1.54) is 0 Å². The van der Waals surface area contributed by atoms with Crippen molar-refractivity contribution >= 4 is 0 Å². The van der Waals surface area contributed by atoms with Crippen molar-refractivity contribution in [2.45, 2.75) is 19.9 Å². The Kier molecular flexibility index (Phi) is 3.17. The number of nitrogens with zero attached hydrogens (tertiary/aromatic N) is 2. The average molecular weight is 165 g/mol. The van der Waals surface area contributed by atoms with E-state index >= 15 is 0 Å². The third-order valence-electron chi connectivity index (χ3n) is 1.88. The predicted molar refractivity (Wildman–Crippen MR) is 48.7 cm³/mol. The van der Waals surface area contributed by atoms with E-state index in [0.717, 1.165) is 5.69 Å². The van der Waals surface area contributed by atoms with Gasteiger partial charge < -0.3 is 5.32 Å². The van der Waals surface area contributed by atoms with Gasteiger partial charge >= 0.3 is 0 Å². The number of hydrogen-bond acceptors (Lipinski definition) is 3.